The number of sulfone groups is 1. The predicted molar refractivity (Wildman–Crippen MR) is 58.9 cm³/mol. The van der Waals surface area contributed by atoms with Gasteiger partial charge in [0.05, 0.1) is 18.1 Å². The molecular weight excluding hydrogens is 228 g/mol. The van der Waals surface area contributed by atoms with Gasteiger partial charge < -0.3 is 9.47 Å². The highest BCUT2D eigenvalue weighted by molar-refractivity contribution is 7.90. The van der Waals surface area contributed by atoms with Crippen molar-refractivity contribution in [3.63, 3.8) is 0 Å². The van der Waals surface area contributed by atoms with Crippen molar-refractivity contribution in [2.24, 2.45) is 0 Å². The lowest BCUT2D eigenvalue weighted by molar-refractivity contribution is -0.0442. The zero-order valence-electron chi connectivity index (χ0n) is 9.26. The molecule has 1 saturated heterocycles. The minimum atomic E-state index is -3.20. The minimum Gasteiger partial charge on any atom is -0.346 e. The highest BCUT2D eigenvalue weighted by Gasteiger charge is 2.20. The van der Waals surface area contributed by atoms with Crippen LogP contribution < -0.4 is 0 Å². The maximum atomic E-state index is 11.5. The zero-order valence-corrected chi connectivity index (χ0v) is 10.1. The molecular formula is C11H14O4S. The van der Waals surface area contributed by atoms with E-state index in [0.717, 1.165) is 11.1 Å². The van der Waals surface area contributed by atoms with Gasteiger partial charge in [0, 0.05) is 11.8 Å². The zero-order chi connectivity index (χ0) is 11.8. The molecule has 1 aliphatic rings. The molecule has 0 N–H and O–H groups in total. The normalized spacial score (nSPS) is 17.9. The van der Waals surface area contributed by atoms with E-state index in [-0.39, 0.29) is 0 Å². The number of hydrogen-bond donors (Lipinski definition) is 0. The Morgan fingerprint density at radius 1 is 1.25 bits per heavy atom. The van der Waals surface area contributed by atoms with Crippen LogP contribution in [0.1, 0.15) is 17.4 Å². The van der Waals surface area contributed by atoms with Crippen LogP contribution in [0.5, 0.6) is 0 Å². The van der Waals surface area contributed by atoms with Crippen LogP contribution in [0.25, 0.3) is 0 Å². The fourth-order valence-corrected chi connectivity index (χ4v) is 2.72. The summed E-state index contributed by atoms with van der Waals surface area (Å²) < 4.78 is 33.7. The average Bonchev–Trinajstić information content (AvgIpc) is 2.69. The lowest BCUT2D eigenvalue weighted by Gasteiger charge is -2.12. The molecule has 4 nitrogen and oxygen atoms in total. The van der Waals surface area contributed by atoms with E-state index in [1.54, 1.807) is 19.1 Å². The first-order chi connectivity index (χ1) is 7.48. The van der Waals surface area contributed by atoms with Crippen LogP contribution >= 0.6 is 0 Å². The molecule has 1 aromatic carbocycles. The van der Waals surface area contributed by atoms with Crippen molar-refractivity contribution < 1.29 is 17.9 Å². The summed E-state index contributed by atoms with van der Waals surface area (Å²) in [7, 11) is -3.20. The second kappa shape index (κ2) is 4.16. The SMILES string of the molecule is Cc1ccc(C2OCCO2)cc1S(C)(=O)=O. The van der Waals surface area contributed by atoms with Crippen molar-refractivity contribution in [1.82, 2.24) is 0 Å². The largest absolute Gasteiger partial charge is 0.346 e. The van der Waals surface area contributed by atoms with Crippen molar-refractivity contribution in [2.45, 2.75) is 18.1 Å². The molecule has 0 aliphatic carbocycles. The van der Waals surface area contributed by atoms with Gasteiger partial charge in [0.2, 0.25) is 0 Å². The smallest absolute Gasteiger partial charge is 0.184 e. The second-order valence-electron chi connectivity index (χ2n) is 3.87. The summed E-state index contributed by atoms with van der Waals surface area (Å²) in [5.74, 6) is 0. The molecule has 0 amide bonds. The van der Waals surface area contributed by atoms with Crippen molar-refractivity contribution in [2.75, 3.05) is 19.5 Å². The standard InChI is InChI=1S/C11H14O4S/c1-8-3-4-9(11-14-5-6-15-11)7-10(8)16(2,12)13/h3-4,7,11H,5-6H2,1-2H3. The van der Waals surface area contributed by atoms with E-state index < -0.39 is 16.1 Å². The van der Waals surface area contributed by atoms with Gasteiger partial charge >= 0.3 is 0 Å². The first-order valence-corrected chi connectivity index (χ1v) is 6.91. The Bertz CT molecular complexity index is 487. The molecule has 88 valence electrons. The number of rotatable bonds is 2. The topological polar surface area (TPSA) is 52.6 Å². The van der Waals surface area contributed by atoms with E-state index >= 15 is 0 Å². The van der Waals surface area contributed by atoms with Crippen LogP contribution in [-0.4, -0.2) is 27.9 Å². The average molecular weight is 242 g/mol. The molecule has 1 heterocycles. The van der Waals surface area contributed by atoms with E-state index in [9.17, 15) is 8.42 Å². The Balaban J connectivity index is 2.43. The molecule has 5 heteroatoms. The minimum absolute atomic E-state index is 0.337. The number of hydrogen-bond acceptors (Lipinski definition) is 4. The van der Waals surface area contributed by atoms with Gasteiger partial charge in [0.15, 0.2) is 16.1 Å². The van der Waals surface area contributed by atoms with Gasteiger partial charge in [-0.05, 0) is 18.6 Å². The monoisotopic (exact) mass is 242 g/mol. The predicted octanol–water partition coefficient (Wildman–Crippen LogP) is 1.44. The van der Waals surface area contributed by atoms with Crippen LogP contribution in [0.2, 0.25) is 0 Å². The molecule has 16 heavy (non-hydrogen) atoms. The molecule has 2 rings (SSSR count). The van der Waals surface area contributed by atoms with Crippen molar-refractivity contribution in [1.29, 1.82) is 0 Å². The lowest BCUT2D eigenvalue weighted by atomic mass is 10.1. The van der Waals surface area contributed by atoms with Crippen molar-refractivity contribution in [3.8, 4) is 0 Å². The van der Waals surface area contributed by atoms with Gasteiger partial charge in [-0.3, -0.25) is 0 Å². The summed E-state index contributed by atoms with van der Waals surface area (Å²) in [5.41, 5.74) is 1.49. The van der Waals surface area contributed by atoms with E-state index in [1.807, 2.05) is 6.07 Å². The fraction of sp³-hybridized carbons (Fsp3) is 0.455. The van der Waals surface area contributed by atoms with Crippen LogP contribution in [0.4, 0.5) is 0 Å². The lowest BCUT2D eigenvalue weighted by Crippen LogP contribution is -2.04. The Kier molecular flexibility index (Phi) is 3.01. The van der Waals surface area contributed by atoms with Crippen molar-refractivity contribution >= 4 is 9.84 Å². The molecule has 1 fully saturated rings. The van der Waals surface area contributed by atoms with Gasteiger partial charge in [-0.2, -0.15) is 0 Å². The molecule has 0 radical (unpaired) electrons. The molecule has 0 bridgehead atoms. The second-order valence-corrected chi connectivity index (χ2v) is 5.85. The summed E-state index contributed by atoms with van der Waals surface area (Å²) in [5, 5.41) is 0. The molecule has 0 saturated carbocycles. The van der Waals surface area contributed by atoms with Crippen LogP contribution in [-0.2, 0) is 19.3 Å². The fourth-order valence-electron chi connectivity index (χ4n) is 1.71. The van der Waals surface area contributed by atoms with E-state index in [2.05, 4.69) is 0 Å². The van der Waals surface area contributed by atoms with E-state index in [1.165, 1.54) is 6.26 Å². The van der Waals surface area contributed by atoms with Gasteiger partial charge in [-0.15, -0.1) is 0 Å². The van der Waals surface area contributed by atoms with Gasteiger partial charge in [-0.1, -0.05) is 12.1 Å². The van der Waals surface area contributed by atoms with Gasteiger partial charge in [-0.25, -0.2) is 8.42 Å². The number of benzene rings is 1. The van der Waals surface area contributed by atoms with Crippen LogP contribution in [0.15, 0.2) is 23.1 Å². The Morgan fingerprint density at radius 3 is 2.44 bits per heavy atom. The molecule has 1 aliphatic heterocycles. The highest BCUT2D eigenvalue weighted by Crippen LogP contribution is 2.26. The van der Waals surface area contributed by atoms with Crippen LogP contribution in [0, 0.1) is 6.92 Å². The number of aryl methyl sites for hydroxylation is 1. The van der Waals surface area contributed by atoms with Crippen molar-refractivity contribution in [3.05, 3.63) is 29.3 Å². The van der Waals surface area contributed by atoms with Crippen LogP contribution in [0.3, 0.4) is 0 Å². The quantitative estimate of drug-likeness (QED) is 0.787. The molecule has 0 spiro atoms. The highest BCUT2D eigenvalue weighted by atomic mass is 32.2. The Morgan fingerprint density at radius 2 is 1.88 bits per heavy atom. The number of ether oxygens (including phenoxy) is 2. The summed E-state index contributed by atoms with van der Waals surface area (Å²) >= 11 is 0. The van der Waals surface area contributed by atoms with Gasteiger partial charge in [0.1, 0.15) is 0 Å². The third-order valence-electron chi connectivity index (χ3n) is 2.51. The summed E-state index contributed by atoms with van der Waals surface area (Å²) in [6, 6.07) is 5.23. The molecule has 1 aromatic rings. The maximum absolute atomic E-state index is 11.5. The summed E-state index contributed by atoms with van der Waals surface area (Å²) in [6.45, 7) is 2.87. The third-order valence-corrected chi connectivity index (χ3v) is 3.74. The summed E-state index contributed by atoms with van der Waals surface area (Å²) in [4.78, 5) is 0.337. The van der Waals surface area contributed by atoms with E-state index in [4.69, 9.17) is 9.47 Å². The van der Waals surface area contributed by atoms with Gasteiger partial charge in [0.25, 0.3) is 0 Å². The molecule has 0 unspecified atom stereocenters. The Labute approximate surface area is 95.1 Å². The first kappa shape index (κ1) is 11.6. The summed E-state index contributed by atoms with van der Waals surface area (Å²) in [6.07, 6.45) is 0.774. The molecule has 0 aromatic heterocycles. The maximum Gasteiger partial charge on any atom is 0.184 e. The Hall–Kier alpha value is -0.910. The third kappa shape index (κ3) is 2.26. The van der Waals surface area contributed by atoms with E-state index in [0.29, 0.717) is 18.1 Å². The molecule has 0 atom stereocenters. The first-order valence-electron chi connectivity index (χ1n) is 5.02.